The van der Waals surface area contributed by atoms with Gasteiger partial charge in [0.1, 0.15) is 5.82 Å². The van der Waals surface area contributed by atoms with Crippen LogP contribution >= 0.6 is 0 Å². The molecule has 0 aliphatic heterocycles. The Hall–Kier alpha value is -2.10. The van der Waals surface area contributed by atoms with E-state index in [1.165, 1.54) is 12.1 Å². The molecule has 0 fully saturated rings. The number of hydrogen-bond acceptors (Lipinski definition) is 2. The first kappa shape index (κ1) is 10.4. The van der Waals surface area contributed by atoms with Crippen molar-refractivity contribution in [1.29, 1.82) is 0 Å². The van der Waals surface area contributed by atoms with Gasteiger partial charge in [-0.2, -0.15) is 0 Å². The molecule has 0 spiro atoms. The molecule has 0 aliphatic rings. The number of pyridine rings is 1. The summed E-state index contributed by atoms with van der Waals surface area (Å²) in [6.45, 7) is 1.65. The molecule has 2 N–H and O–H groups in total. The predicted octanol–water partition coefficient (Wildman–Crippen LogP) is 2.20. The second-order valence-corrected chi connectivity index (χ2v) is 3.52. The van der Waals surface area contributed by atoms with E-state index in [4.69, 9.17) is 0 Å². The number of H-pyrrole nitrogens is 1. The topological polar surface area (TPSA) is 53.1 Å². The highest BCUT2D eigenvalue weighted by atomic mass is 19.1. The SMILES string of the molecule is Cc1cc(=O)[nH]c(O)c1-c1ccccc1F. The van der Waals surface area contributed by atoms with Gasteiger partial charge in [-0.25, -0.2) is 4.39 Å². The minimum absolute atomic E-state index is 0.272. The van der Waals surface area contributed by atoms with Gasteiger partial charge in [-0.05, 0) is 18.6 Å². The van der Waals surface area contributed by atoms with Crippen LogP contribution in [0.3, 0.4) is 0 Å². The maximum atomic E-state index is 13.5. The molecule has 82 valence electrons. The fourth-order valence-electron chi connectivity index (χ4n) is 1.67. The van der Waals surface area contributed by atoms with Crippen molar-refractivity contribution in [3.8, 4) is 17.0 Å². The van der Waals surface area contributed by atoms with Crippen molar-refractivity contribution in [3.05, 3.63) is 52.1 Å². The molecule has 4 heteroatoms. The summed E-state index contributed by atoms with van der Waals surface area (Å²) in [6, 6.07) is 7.41. The van der Waals surface area contributed by atoms with Crippen LogP contribution in [0.4, 0.5) is 4.39 Å². The van der Waals surface area contributed by atoms with E-state index in [1.807, 2.05) is 0 Å². The Morgan fingerprint density at radius 1 is 1.31 bits per heavy atom. The lowest BCUT2D eigenvalue weighted by molar-refractivity contribution is 0.453. The van der Waals surface area contributed by atoms with Crippen LogP contribution in [0.25, 0.3) is 11.1 Å². The highest BCUT2D eigenvalue weighted by molar-refractivity contribution is 5.71. The highest BCUT2D eigenvalue weighted by Crippen LogP contribution is 2.30. The quantitative estimate of drug-likeness (QED) is 0.772. The van der Waals surface area contributed by atoms with Crippen LogP contribution in [0.2, 0.25) is 0 Å². The van der Waals surface area contributed by atoms with Gasteiger partial charge in [0.05, 0.1) is 0 Å². The number of aromatic hydroxyl groups is 1. The number of benzene rings is 1. The zero-order valence-corrected chi connectivity index (χ0v) is 8.62. The minimum atomic E-state index is -0.437. The Kier molecular flexibility index (Phi) is 2.48. The average Bonchev–Trinajstić information content (AvgIpc) is 2.19. The second-order valence-electron chi connectivity index (χ2n) is 3.52. The summed E-state index contributed by atoms with van der Waals surface area (Å²) >= 11 is 0. The standard InChI is InChI=1S/C12H10FNO2/c1-7-6-10(15)14-12(16)11(7)8-4-2-3-5-9(8)13/h2-6H,1H3,(H2,14,15,16). The van der Waals surface area contributed by atoms with Gasteiger partial charge in [-0.1, -0.05) is 18.2 Å². The van der Waals surface area contributed by atoms with Gasteiger partial charge in [0.2, 0.25) is 0 Å². The Labute approximate surface area is 91.2 Å². The van der Waals surface area contributed by atoms with Gasteiger partial charge >= 0.3 is 0 Å². The minimum Gasteiger partial charge on any atom is -0.494 e. The Balaban J connectivity index is 2.75. The van der Waals surface area contributed by atoms with E-state index in [-0.39, 0.29) is 11.4 Å². The Morgan fingerprint density at radius 3 is 2.62 bits per heavy atom. The van der Waals surface area contributed by atoms with Crippen LogP contribution < -0.4 is 5.56 Å². The summed E-state index contributed by atoms with van der Waals surface area (Å²) in [5, 5.41) is 9.63. The molecule has 0 atom stereocenters. The molecule has 0 bridgehead atoms. The van der Waals surface area contributed by atoms with E-state index < -0.39 is 11.4 Å². The number of halogens is 1. The number of nitrogens with one attached hydrogen (secondary N) is 1. The second kappa shape index (κ2) is 3.81. The van der Waals surface area contributed by atoms with Crippen molar-refractivity contribution >= 4 is 0 Å². The van der Waals surface area contributed by atoms with Crippen molar-refractivity contribution in [1.82, 2.24) is 4.98 Å². The van der Waals surface area contributed by atoms with Gasteiger partial charge in [-0.15, -0.1) is 0 Å². The number of hydrogen-bond donors (Lipinski definition) is 2. The molecular formula is C12H10FNO2. The van der Waals surface area contributed by atoms with E-state index >= 15 is 0 Å². The van der Waals surface area contributed by atoms with E-state index in [0.717, 1.165) is 0 Å². The summed E-state index contributed by atoms with van der Waals surface area (Å²) in [5.41, 5.74) is 0.716. The molecule has 1 aromatic heterocycles. The van der Waals surface area contributed by atoms with Gasteiger partial charge < -0.3 is 5.11 Å². The molecule has 1 aromatic carbocycles. The maximum absolute atomic E-state index is 13.5. The third-order valence-corrected chi connectivity index (χ3v) is 2.36. The van der Waals surface area contributed by atoms with Crippen LogP contribution in [-0.2, 0) is 0 Å². The molecule has 3 nitrogen and oxygen atoms in total. The van der Waals surface area contributed by atoms with E-state index in [9.17, 15) is 14.3 Å². The molecule has 2 aromatic rings. The predicted molar refractivity (Wildman–Crippen MR) is 58.9 cm³/mol. The maximum Gasteiger partial charge on any atom is 0.250 e. The lowest BCUT2D eigenvalue weighted by Gasteiger charge is -2.08. The smallest absolute Gasteiger partial charge is 0.250 e. The van der Waals surface area contributed by atoms with Crippen molar-refractivity contribution in [2.75, 3.05) is 0 Å². The largest absolute Gasteiger partial charge is 0.494 e. The molecule has 0 saturated heterocycles. The Morgan fingerprint density at radius 2 is 2.00 bits per heavy atom. The van der Waals surface area contributed by atoms with Gasteiger partial charge in [-0.3, -0.25) is 9.78 Å². The zero-order valence-electron chi connectivity index (χ0n) is 8.62. The number of rotatable bonds is 1. The first-order valence-electron chi connectivity index (χ1n) is 4.77. The first-order chi connectivity index (χ1) is 7.59. The monoisotopic (exact) mass is 219 g/mol. The molecule has 0 radical (unpaired) electrons. The van der Waals surface area contributed by atoms with Crippen LogP contribution in [-0.4, -0.2) is 10.1 Å². The summed E-state index contributed by atoms with van der Waals surface area (Å²) < 4.78 is 13.5. The molecular weight excluding hydrogens is 209 g/mol. The van der Waals surface area contributed by atoms with E-state index in [1.54, 1.807) is 25.1 Å². The molecule has 2 rings (SSSR count). The molecule has 16 heavy (non-hydrogen) atoms. The van der Waals surface area contributed by atoms with Crippen LogP contribution in [0.15, 0.2) is 35.1 Å². The van der Waals surface area contributed by atoms with Gasteiger partial charge in [0.15, 0.2) is 5.88 Å². The fourth-order valence-corrected chi connectivity index (χ4v) is 1.67. The Bertz CT molecular complexity index is 564. The lowest BCUT2D eigenvalue weighted by Crippen LogP contribution is -2.06. The molecule has 0 aliphatic carbocycles. The number of aromatic amines is 1. The number of aromatic nitrogens is 1. The highest BCUT2D eigenvalue weighted by Gasteiger charge is 2.12. The van der Waals surface area contributed by atoms with Crippen LogP contribution in [0.1, 0.15) is 5.56 Å². The summed E-state index contributed by atoms with van der Waals surface area (Å²) in [4.78, 5) is 13.3. The number of aryl methyl sites for hydroxylation is 1. The van der Waals surface area contributed by atoms with E-state index in [2.05, 4.69) is 4.98 Å². The van der Waals surface area contributed by atoms with Crippen LogP contribution in [0, 0.1) is 12.7 Å². The summed E-state index contributed by atoms with van der Waals surface area (Å²) in [6.07, 6.45) is 0. The van der Waals surface area contributed by atoms with E-state index in [0.29, 0.717) is 11.1 Å². The average molecular weight is 219 g/mol. The van der Waals surface area contributed by atoms with Crippen molar-refractivity contribution < 1.29 is 9.50 Å². The molecule has 0 saturated carbocycles. The lowest BCUT2D eigenvalue weighted by atomic mass is 10.0. The first-order valence-corrected chi connectivity index (χ1v) is 4.77. The van der Waals surface area contributed by atoms with Crippen LogP contribution in [0.5, 0.6) is 5.88 Å². The van der Waals surface area contributed by atoms with Crippen molar-refractivity contribution in [2.45, 2.75) is 6.92 Å². The van der Waals surface area contributed by atoms with Crippen molar-refractivity contribution in [3.63, 3.8) is 0 Å². The molecule has 0 amide bonds. The van der Waals surface area contributed by atoms with Gasteiger partial charge in [0.25, 0.3) is 5.56 Å². The fraction of sp³-hybridized carbons (Fsp3) is 0.0833. The summed E-state index contributed by atoms with van der Waals surface area (Å²) in [7, 11) is 0. The molecule has 1 heterocycles. The van der Waals surface area contributed by atoms with Crippen molar-refractivity contribution in [2.24, 2.45) is 0 Å². The van der Waals surface area contributed by atoms with Gasteiger partial charge in [0, 0.05) is 17.2 Å². The third kappa shape index (κ3) is 1.69. The summed E-state index contributed by atoms with van der Waals surface area (Å²) in [5.74, 6) is -0.747. The normalized spacial score (nSPS) is 10.4. The molecule has 0 unspecified atom stereocenters. The third-order valence-electron chi connectivity index (χ3n) is 2.36. The zero-order chi connectivity index (χ0) is 11.7.